The minimum atomic E-state index is -2.29. The van der Waals surface area contributed by atoms with Crippen LogP contribution in [-0.4, -0.2) is 117 Å². The molecule has 13 heteroatoms. The summed E-state index contributed by atoms with van der Waals surface area (Å²) in [5.74, 6) is -4.42. The van der Waals surface area contributed by atoms with E-state index in [1.54, 1.807) is 6.92 Å². The highest BCUT2D eigenvalue weighted by Gasteiger charge is 2.61. The van der Waals surface area contributed by atoms with Gasteiger partial charge in [0.2, 0.25) is 12.1 Å². The highest BCUT2D eigenvalue weighted by molar-refractivity contribution is 5.72. The molecule has 0 amide bonds. The second kappa shape index (κ2) is 11.8. The van der Waals surface area contributed by atoms with Crippen LogP contribution in [0.15, 0.2) is 0 Å². The van der Waals surface area contributed by atoms with E-state index in [0.717, 1.165) is 6.92 Å². The lowest BCUT2D eigenvalue weighted by Crippen LogP contribution is -2.64. The number of carbonyl (C=O) groups excluding carboxylic acids is 2. The number of esters is 2. The van der Waals surface area contributed by atoms with E-state index in [0.29, 0.717) is 12.8 Å². The van der Waals surface area contributed by atoms with Gasteiger partial charge in [0, 0.05) is 6.92 Å². The third-order valence-electron chi connectivity index (χ3n) is 5.69. The highest BCUT2D eigenvalue weighted by atomic mass is 16.8. The van der Waals surface area contributed by atoms with Crippen LogP contribution in [-0.2, 0) is 33.3 Å². The first-order valence-corrected chi connectivity index (χ1v) is 10.8. The topological polar surface area (TPSA) is 202 Å². The molecule has 2 aliphatic heterocycles. The summed E-state index contributed by atoms with van der Waals surface area (Å²) in [6.07, 6.45) is -11.5. The number of hydrogen-bond donors (Lipinski definition) is 6. The van der Waals surface area contributed by atoms with Gasteiger partial charge in [0.15, 0.2) is 12.2 Å². The Morgan fingerprint density at radius 1 is 1.00 bits per heavy atom. The molecule has 13 nitrogen and oxygen atoms in total. The fraction of sp³-hybridized carbons (Fsp3) is 0.900. The Hall–Kier alpha value is -1.42. The molecule has 1 unspecified atom stereocenters. The Kier molecular flexibility index (Phi) is 9.96. The molecule has 2 aliphatic rings. The van der Waals surface area contributed by atoms with E-state index in [2.05, 4.69) is 0 Å². The molecule has 33 heavy (non-hydrogen) atoms. The van der Waals surface area contributed by atoms with Crippen molar-refractivity contribution in [1.82, 2.24) is 0 Å². The predicted octanol–water partition coefficient (Wildman–Crippen LogP) is -2.84. The molecule has 2 heterocycles. The SMILES string of the molecule is CCCC(C)C(=O)O[C@H]1[C@H](O)[C@@H](CO)O[C@@]1(CO)O[C@H]1O[C@H](CO)[C@@H](O)[C@H](O)[C@H]1OC(C)=O. The van der Waals surface area contributed by atoms with Gasteiger partial charge in [0.25, 0.3) is 0 Å². The van der Waals surface area contributed by atoms with E-state index in [1.807, 2.05) is 6.92 Å². The summed E-state index contributed by atoms with van der Waals surface area (Å²) < 4.78 is 27.1. The minimum absolute atomic E-state index is 0.488. The largest absolute Gasteiger partial charge is 0.454 e. The molecule has 0 aromatic carbocycles. The fourth-order valence-corrected chi connectivity index (χ4v) is 3.87. The third kappa shape index (κ3) is 5.99. The van der Waals surface area contributed by atoms with Gasteiger partial charge in [0.1, 0.15) is 37.1 Å². The number of hydrogen-bond acceptors (Lipinski definition) is 13. The van der Waals surface area contributed by atoms with Crippen LogP contribution < -0.4 is 0 Å². The highest BCUT2D eigenvalue weighted by Crippen LogP contribution is 2.38. The van der Waals surface area contributed by atoms with Crippen molar-refractivity contribution >= 4 is 11.9 Å². The predicted molar refractivity (Wildman–Crippen MR) is 106 cm³/mol. The Morgan fingerprint density at radius 3 is 2.15 bits per heavy atom. The molecular weight excluding hydrogens is 448 g/mol. The van der Waals surface area contributed by atoms with Gasteiger partial charge in [-0.3, -0.25) is 9.59 Å². The van der Waals surface area contributed by atoms with Crippen molar-refractivity contribution in [2.24, 2.45) is 5.92 Å². The molecule has 0 aromatic rings. The summed E-state index contributed by atoms with van der Waals surface area (Å²) in [6, 6.07) is 0. The van der Waals surface area contributed by atoms with Gasteiger partial charge in [-0.25, -0.2) is 0 Å². The van der Waals surface area contributed by atoms with E-state index in [9.17, 15) is 40.2 Å². The Morgan fingerprint density at radius 2 is 1.64 bits per heavy atom. The molecule has 10 atom stereocenters. The van der Waals surface area contributed by atoms with Crippen molar-refractivity contribution in [1.29, 1.82) is 0 Å². The zero-order chi connectivity index (χ0) is 24.9. The molecule has 2 saturated heterocycles. The normalized spacial score (nSPS) is 39.8. The van der Waals surface area contributed by atoms with Crippen molar-refractivity contribution < 1.29 is 63.9 Å². The lowest BCUT2D eigenvalue weighted by atomic mass is 9.98. The van der Waals surface area contributed by atoms with E-state index < -0.39 is 92.5 Å². The molecule has 0 aliphatic carbocycles. The first-order valence-electron chi connectivity index (χ1n) is 10.8. The van der Waals surface area contributed by atoms with Crippen molar-refractivity contribution in [2.45, 2.75) is 88.4 Å². The number of carbonyl (C=O) groups is 2. The lowest BCUT2D eigenvalue weighted by molar-refractivity contribution is -0.384. The second-order valence-corrected chi connectivity index (χ2v) is 8.25. The smallest absolute Gasteiger partial charge is 0.309 e. The maximum absolute atomic E-state index is 12.5. The molecule has 2 rings (SSSR count). The van der Waals surface area contributed by atoms with E-state index in [4.69, 9.17) is 23.7 Å². The molecule has 0 bridgehead atoms. The fourth-order valence-electron chi connectivity index (χ4n) is 3.87. The van der Waals surface area contributed by atoms with Crippen LogP contribution in [0.3, 0.4) is 0 Å². The van der Waals surface area contributed by atoms with Gasteiger partial charge in [0.05, 0.1) is 19.1 Å². The van der Waals surface area contributed by atoms with Gasteiger partial charge < -0.3 is 54.3 Å². The van der Waals surface area contributed by atoms with Gasteiger partial charge in [-0.15, -0.1) is 0 Å². The van der Waals surface area contributed by atoms with Crippen molar-refractivity contribution in [3.05, 3.63) is 0 Å². The number of ether oxygens (including phenoxy) is 5. The molecule has 0 saturated carbocycles. The van der Waals surface area contributed by atoms with Crippen LogP contribution in [0.4, 0.5) is 0 Å². The van der Waals surface area contributed by atoms with Crippen LogP contribution in [0.25, 0.3) is 0 Å². The molecule has 0 radical (unpaired) electrons. The average Bonchev–Trinajstić information content (AvgIpc) is 3.04. The molecule has 192 valence electrons. The molecule has 0 spiro atoms. The second-order valence-electron chi connectivity index (χ2n) is 8.25. The van der Waals surface area contributed by atoms with Crippen LogP contribution in [0.2, 0.25) is 0 Å². The van der Waals surface area contributed by atoms with Crippen LogP contribution in [0, 0.1) is 5.92 Å². The average molecular weight is 482 g/mol. The van der Waals surface area contributed by atoms with E-state index >= 15 is 0 Å². The quantitative estimate of drug-likeness (QED) is 0.174. The van der Waals surface area contributed by atoms with Crippen LogP contribution >= 0.6 is 0 Å². The van der Waals surface area contributed by atoms with Crippen molar-refractivity contribution in [3.63, 3.8) is 0 Å². The summed E-state index contributed by atoms with van der Waals surface area (Å²) >= 11 is 0. The molecule has 2 fully saturated rings. The summed E-state index contributed by atoms with van der Waals surface area (Å²) in [4.78, 5) is 24.1. The van der Waals surface area contributed by atoms with Gasteiger partial charge >= 0.3 is 11.9 Å². The zero-order valence-electron chi connectivity index (χ0n) is 18.8. The maximum Gasteiger partial charge on any atom is 0.309 e. The number of rotatable bonds is 10. The lowest BCUT2D eigenvalue weighted by Gasteiger charge is -2.44. The van der Waals surface area contributed by atoms with Gasteiger partial charge in [-0.1, -0.05) is 20.3 Å². The third-order valence-corrected chi connectivity index (χ3v) is 5.69. The van der Waals surface area contributed by atoms with Gasteiger partial charge in [-0.05, 0) is 6.42 Å². The molecule has 6 N–H and O–H groups in total. The standard InChI is InChI=1S/C20H34O13/c1-4-5-9(2)18(28)31-17-14(26)12(7-22)32-20(17,8-23)33-19-16(29-10(3)24)15(27)13(25)11(6-21)30-19/h9,11-17,19,21-23,25-27H,4-8H2,1-3H3/t9?,11-,12-,13-,14-,15+,16-,17+,19-,20+/m1/s1. The summed E-state index contributed by atoms with van der Waals surface area (Å²) in [7, 11) is 0. The van der Waals surface area contributed by atoms with E-state index in [-0.39, 0.29) is 0 Å². The van der Waals surface area contributed by atoms with Crippen LogP contribution in [0.1, 0.15) is 33.6 Å². The first kappa shape index (κ1) is 27.8. The monoisotopic (exact) mass is 482 g/mol. The minimum Gasteiger partial charge on any atom is -0.454 e. The first-order chi connectivity index (χ1) is 15.5. The molecular formula is C20H34O13. The zero-order valence-corrected chi connectivity index (χ0v) is 18.8. The molecule has 0 aromatic heterocycles. The van der Waals surface area contributed by atoms with Crippen molar-refractivity contribution in [3.8, 4) is 0 Å². The Bertz CT molecular complexity index is 660. The summed E-state index contributed by atoms with van der Waals surface area (Å²) in [5, 5.41) is 60.3. The summed E-state index contributed by atoms with van der Waals surface area (Å²) in [6.45, 7) is 2.05. The van der Waals surface area contributed by atoms with Crippen LogP contribution in [0.5, 0.6) is 0 Å². The Labute approximate surface area is 190 Å². The van der Waals surface area contributed by atoms with Crippen molar-refractivity contribution in [2.75, 3.05) is 19.8 Å². The number of aliphatic hydroxyl groups excluding tert-OH is 6. The Balaban J connectivity index is 2.37. The summed E-state index contributed by atoms with van der Waals surface area (Å²) in [5.41, 5.74) is 0. The van der Waals surface area contributed by atoms with Gasteiger partial charge in [-0.2, -0.15) is 0 Å². The van der Waals surface area contributed by atoms with E-state index in [1.165, 1.54) is 0 Å². The maximum atomic E-state index is 12.5. The number of aliphatic hydroxyl groups is 6.